The maximum atomic E-state index is 14.2. The lowest BCUT2D eigenvalue weighted by Gasteiger charge is -2.39. The van der Waals surface area contributed by atoms with Crippen LogP contribution in [0.3, 0.4) is 0 Å². The molecule has 1 aliphatic carbocycles. The smallest absolute Gasteiger partial charge is 0.350 e. The predicted octanol–water partition coefficient (Wildman–Crippen LogP) is 4.74. The van der Waals surface area contributed by atoms with Gasteiger partial charge in [-0.15, -0.1) is 11.3 Å². The van der Waals surface area contributed by atoms with Crippen LogP contribution >= 0.6 is 11.3 Å². The summed E-state index contributed by atoms with van der Waals surface area (Å²) in [5.74, 6) is 6.27. The van der Waals surface area contributed by atoms with Crippen molar-refractivity contribution in [1.29, 1.82) is 0 Å². The van der Waals surface area contributed by atoms with Gasteiger partial charge in [-0.3, -0.25) is 14.5 Å². The van der Waals surface area contributed by atoms with E-state index in [-0.39, 0.29) is 28.0 Å². The highest BCUT2D eigenvalue weighted by molar-refractivity contribution is 7.15. The van der Waals surface area contributed by atoms with Gasteiger partial charge < -0.3 is 19.1 Å². The van der Waals surface area contributed by atoms with E-state index < -0.39 is 18.1 Å². The maximum Gasteiger partial charge on any atom is 0.350 e. The van der Waals surface area contributed by atoms with Gasteiger partial charge in [0.05, 0.1) is 37.0 Å². The number of hydrogen-bond donors (Lipinski definition) is 0. The van der Waals surface area contributed by atoms with Gasteiger partial charge in [0.2, 0.25) is 11.8 Å². The molecule has 1 saturated carbocycles. The van der Waals surface area contributed by atoms with Crippen LogP contribution < -0.4 is 4.90 Å². The molecule has 0 spiro atoms. The van der Waals surface area contributed by atoms with Crippen molar-refractivity contribution in [1.82, 2.24) is 4.90 Å². The van der Waals surface area contributed by atoms with E-state index in [9.17, 15) is 14.4 Å². The summed E-state index contributed by atoms with van der Waals surface area (Å²) in [6.45, 7) is 11.8. The minimum atomic E-state index is -0.954. The molecule has 2 fully saturated rings. The molecule has 39 heavy (non-hydrogen) atoms. The summed E-state index contributed by atoms with van der Waals surface area (Å²) in [4.78, 5) is 45.4. The summed E-state index contributed by atoms with van der Waals surface area (Å²) in [7, 11) is 2.85. The normalized spacial score (nSPS) is 21.4. The lowest BCUT2D eigenvalue weighted by molar-refractivity contribution is -0.141. The zero-order valence-corrected chi connectivity index (χ0v) is 25.3. The Morgan fingerprint density at radius 3 is 2.36 bits per heavy atom. The van der Waals surface area contributed by atoms with Crippen LogP contribution in [0.5, 0.6) is 0 Å². The van der Waals surface area contributed by atoms with Crippen molar-refractivity contribution in [2.24, 2.45) is 17.3 Å². The summed E-state index contributed by atoms with van der Waals surface area (Å²) in [5, 5.41) is 0. The molecule has 9 heteroatoms. The van der Waals surface area contributed by atoms with Crippen LogP contribution in [-0.2, 0) is 23.8 Å². The first kappa shape index (κ1) is 31.1. The van der Waals surface area contributed by atoms with Gasteiger partial charge in [-0.25, -0.2) is 4.79 Å². The number of esters is 1. The fourth-order valence-corrected chi connectivity index (χ4v) is 5.97. The highest BCUT2D eigenvalue weighted by atomic mass is 32.1. The number of nitrogens with zero attached hydrogens (tertiary/aromatic N) is 2. The average molecular weight is 561 g/mol. The number of ether oxygens (including phenoxy) is 3. The lowest BCUT2D eigenvalue weighted by Crippen LogP contribution is -2.58. The summed E-state index contributed by atoms with van der Waals surface area (Å²) in [5.41, 5.74) is 0.109. The molecular weight excluding hydrogens is 516 g/mol. The molecule has 0 aromatic carbocycles. The molecule has 1 aromatic heterocycles. The zero-order chi connectivity index (χ0) is 28.7. The van der Waals surface area contributed by atoms with Crippen molar-refractivity contribution in [3.8, 4) is 11.8 Å². The molecule has 2 atom stereocenters. The van der Waals surface area contributed by atoms with Gasteiger partial charge in [0.15, 0.2) is 0 Å². The highest BCUT2D eigenvalue weighted by Crippen LogP contribution is 2.37. The molecule has 2 amide bonds. The second-order valence-electron chi connectivity index (χ2n) is 11.7. The Balaban J connectivity index is 2.12. The third-order valence-electron chi connectivity index (χ3n) is 7.44. The first-order valence-corrected chi connectivity index (χ1v) is 14.7. The minimum absolute atomic E-state index is 0.191. The molecule has 1 aliphatic heterocycles. The molecule has 3 rings (SSSR count). The van der Waals surface area contributed by atoms with Crippen molar-refractivity contribution in [3.63, 3.8) is 0 Å². The molecular formula is C30H44N2O6S. The van der Waals surface area contributed by atoms with Gasteiger partial charge in [0.25, 0.3) is 0 Å². The second-order valence-corrected chi connectivity index (χ2v) is 12.8. The molecule has 2 aliphatic rings. The van der Waals surface area contributed by atoms with Crippen molar-refractivity contribution in [2.75, 3.05) is 45.4 Å². The van der Waals surface area contributed by atoms with Crippen LogP contribution in [0.15, 0.2) is 6.07 Å². The third-order valence-corrected chi connectivity index (χ3v) is 8.46. The monoisotopic (exact) mass is 560 g/mol. The minimum Gasteiger partial charge on any atom is -0.465 e. The van der Waals surface area contributed by atoms with Gasteiger partial charge in [-0.1, -0.05) is 31.6 Å². The summed E-state index contributed by atoms with van der Waals surface area (Å²) in [6.07, 6.45) is 3.79. The molecule has 0 bridgehead atoms. The number of amides is 2. The number of anilines is 1. The Labute approximate surface area is 237 Å². The SMILES string of the molecule is COC(=O)c1sc(C#CC(C)(C)C)cc1N(C(=O)CC1CCC(C)CC1)[C@H](C(=O)N1CCOCC1)[C@H](C)OC. The van der Waals surface area contributed by atoms with Crippen LogP contribution in [0.25, 0.3) is 0 Å². The van der Waals surface area contributed by atoms with Gasteiger partial charge in [0.1, 0.15) is 10.9 Å². The van der Waals surface area contributed by atoms with E-state index in [0.717, 1.165) is 25.7 Å². The van der Waals surface area contributed by atoms with Crippen molar-refractivity contribution in [2.45, 2.75) is 78.9 Å². The quantitative estimate of drug-likeness (QED) is 0.337. The Hall–Kier alpha value is -2.41. The summed E-state index contributed by atoms with van der Waals surface area (Å²) in [6, 6.07) is 0.794. The van der Waals surface area contributed by atoms with E-state index in [2.05, 4.69) is 18.8 Å². The summed E-state index contributed by atoms with van der Waals surface area (Å²) >= 11 is 1.18. The van der Waals surface area contributed by atoms with Crippen LogP contribution in [0.2, 0.25) is 0 Å². The number of thiophene rings is 1. The average Bonchev–Trinajstić information content (AvgIpc) is 3.34. The van der Waals surface area contributed by atoms with Gasteiger partial charge in [-0.05, 0) is 58.4 Å². The first-order chi connectivity index (χ1) is 18.4. The number of methoxy groups -OCH3 is 2. The van der Waals surface area contributed by atoms with Crippen LogP contribution in [-0.4, -0.2) is 75.4 Å². The maximum absolute atomic E-state index is 14.2. The Morgan fingerprint density at radius 2 is 1.79 bits per heavy atom. The number of rotatable bonds is 8. The van der Waals surface area contributed by atoms with Crippen molar-refractivity contribution >= 4 is 34.8 Å². The Kier molecular flexibility index (Phi) is 11.0. The lowest BCUT2D eigenvalue weighted by atomic mass is 9.81. The van der Waals surface area contributed by atoms with E-state index in [0.29, 0.717) is 49.2 Å². The molecule has 8 nitrogen and oxygen atoms in total. The van der Waals surface area contributed by atoms with Crippen molar-refractivity contribution < 1.29 is 28.6 Å². The van der Waals surface area contributed by atoms with Crippen LogP contribution in [0, 0.1) is 29.1 Å². The molecule has 2 heterocycles. The van der Waals surface area contributed by atoms with E-state index in [1.165, 1.54) is 30.5 Å². The molecule has 0 unspecified atom stereocenters. The van der Waals surface area contributed by atoms with Crippen LogP contribution in [0.1, 0.15) is 81.3 Å². The molecule has 1 aromatic rings. The Bertz CT molecular complexity index is 1070. The molecule has 0 radical (unpaired) electrons. The van der Waals surface area contributed by atoms with Gasteiger partial charge >= 0.3 is 5.97 Å². The van der Waals surface area contributed by atoms with Crippen LogP contribution in [0.4, 0.5) is 5.69 Å². The van der Waals surface area contributed by atoms with Gasteiger partial charge in [0, 0.05) is 32.0 Å². The number of hydrogen-bond acceptors (Lipinski definition) is 7. The fraction of sp³-hybridized carbons (Fsp3) is 0.700. The summed E-state index contributed by atoms with van der Waals surface area (Å²) < 4.78 is 16.3. The topological polar surface area (TPSA) is 85.4 Å². The molecule has 1 saturated heterocycles. The Morgan fingerprint density at radius 1 is 1.15 bits per heavy atom. The number of carbonyl (C=O) groups is 3. The third kappa shape index (κ3) is 8.29. The van der Waals surface area contributed by atoms with E-state index in [4.69, 9.17) is 14.2 Å². The largest absolute Gasteiger partial charge is 0.465 e. The van der Waals surface area contributed by atoms with E-state index >= 15 is 0 Å². The van der Waals surface area contributed by atoms with Gasteiger partial charge in [-0.2, -0.15) is 0 Å². The van der Waals surface area contributed by atoms with E-state index in [1.54, 1.807) is 17.9 Å². The zero-order valence-electron chi connectivity index (χ0n) is 24.5. The standard InChI is InChI=1S/C30H44N2O6S/c1-20-8-10-22(11-9-20)18-25(33)32(26(21(2)36-6)28(34)31-14-16-38-17-15-31)24-19-23(12-13-30(3,4)5)39-27(24)29(35)37-7/h19-22,26H,8-11,14-18H2,1-7H3/t20?,21-,22?,26-/m0/s1. The highest BCUT2D eigenvalue weighted by Gasteiger charge is 2.41. The van der Waals surface area contributed by atoms with Crippen molar-refractivity contribution in [3.05, 3.63) is 15.8 Å². The second kappa shape index (κ2) is 13.8. The number of carbonyl (C=O) groups excluding carboxylic acids is 3. The van der Waals surface area contributed by atoms with E-state index in [1.807, 2.05) is 20.8 Å². The fourth-order valence-electron chi connectivity index (χ4n) is 5.05. The number of morpholine rings is 1. The predicted molar refractivity (Wildman–Crippen MR) is 153 cm³/mol. The molecule has 0 N–H and O–H groups in total. The molecule has 216 valence electrons. The first-order valence-electron chi connectivity index (χ1n) is 13.9.